The Kier molecular flexibility index (Phi) is 5.20. The van der Waals surface area contributed by atoms with E-state index in [1.54, 1.807) is 0 Å². The number of rotatable bonds is 1. The Hall–Kier alpha value is -1.57. The molecule has 1 aromatic heterocycles. The minimum absolute atomic E-state index is 0.397. The number of pyridine rings is 1. The number of aromatic nitrogens is 1. The molecule has 3 aromatic rings. The number of para-hydroxylation sites is 1. The highest BCUT2D eigenvalue weighted by molar-refractivity contribution is 6.44. The first-order chi connectivity index (χ1) is 9.27. The first-order valence-corrected chi connectivity index (χ1v) is 6.77. The first kappa shape index (κ1) is 13.9. The van der Waals surface area contributed by atoms with E-state index in [1.165, 1.54) is 5.39 Å². The molecule has 0 bridgehead atoms. The number of nitrogens with zero attached hydrogens (tertiary/aromatic N) is 1. The number of alkyl halides is 2. The third kappa shape index (κ3) is 4.23. The van der Waals surface area contributed by atoms with Crippen molar-refractivity contribution in [3.8, 4) is 0 Å². The Morgan fingerprint density at radius 2 is 1.37 bits per heavy atom. The molecule has 0 atom stereocenters. The van der Waals surface area contributed by atoms with E-state index in [2.05, 4.69) is 17.1 Å². The van der Waals surface area contributed by atoms with Crippen LogP contribution < -0.4 is 0 Å². The van der Waals surface area contributed by atoms with Gasteiger partial charge in [0, 0.05) is 11.6 Å². The van der Waals surface area contributed by atoms with Gasteiger partial charge in [0.2, 0.25) is 0 Å². The average molecular weight is 290 g/mol. The monoisotopic (exact) mass is 289 g/mol. The van der Waals surface area contributed by atoms with Gasteiger partial charge in [-0.05, 0) is 17.7 Å². The molecule has 1 nitrogen and oxygen atoms in total. The summed E-state index contributed by atoms with van der Waals surface area (Å²) < 4.78 is 0. The van der Waals surface area contributed by atoms with E-state index >= 15 is 0 Å². The third-order valence-corrected chi connectivity index (χ3v) is 3.07. The van der Waals surface area contributed by atoms with Gasteiger partial charge in [0.25, 0.3) is 0 Å². The summed E-state index contributed by atoms with van der Waals surface area (Å²) in [6.07, 6.45) is 1.81. The van der Waals surface area contributed by atoms with Crippen molar-refractivity contribution in [3.63, 3.8) is 0 Å². The van der Waals surface area contributed by atoms with Crippen molar-refractivity contribution in [3.05, 3.63) is 78.5 Å². The number of hydrogen-bond acceptors (Lipinski definition) is 1. The van der Waals surface area contributed by atoms with Crippen LogP contribution in [-0.2, 0) is 0 Å². The fourth-order valence-corrected chi connectivity index (χ4v) is 1.91. The van der Waals surface area contributed by atoms with Crippen molar-refractivity contribution in [2.45, 2.75) is 4.84 Å². The summed E-state index contributed by atoms with van der Waals surface area (Å²) in [5.41, 5.74) is 2.01. The molecule has 0 unspecified atom stereocenters. The molecule has 0 saturated heterocycles. The van der Waals surface area contributed by atoms with Crippen LogP contribution in [0.1, 0.15) is 10.4 Å². The Balaban J connectivity index is 0.000000141. The summed E-state index contributed by atoms with van der Waals surface area (Å²) in [7, 11) is 0. The molecule has 3 heteroatoms. The lowest BCUT2D eigenvalue weighted by molar-refractivity contribution is 1.35. The van der Waals surface area contributed by atoms with Gasteiger partial charge in [-0.25, -0.2) is 0 Å². The molecule has 0 spiro atoms. The van der Waals surface area contributed by atoms with Crippen LogP contribution in [0.4, 0.5) is 0 Å². The van der Waals surface area contributed by atoms with Gasteiger partial charge in [-0.2, -0.15) is 0 Å². The summed E-state index contributed by atoms with van der Waals surface area (Å²) in [6.45, 7) is 0. The second kappa shape index (κ2) is 7.13. The van der Waals surface area contributed by atoms with Crippen molar-refractivity contribution in [1.82, 2.24) is 4.98 Å². The zero-order valence-electron chi connectivity index (χ0n) is 10.2. The smallest absolute Gasteiger partial charge is 0.132 e. The first-order valence-electron chi connectivity index (χ1n) is 5.90. The normalized spacial score (nSPS) is 10.1. The van der Waals surface area contributed by atoms with Gasteiger partial charge < -0.3 is 0 Å². The van der Waals surface area contributed by atoms with Gasteiger partial charge in [0.15, 0.2) is 0 Å². The Bertz CT molecular complexity index is 558. The lowest BCUT2D eigenvalue weighted by Crippen LogP contribution is -1.76. The molecule has 0 aliphatic carbocycles. The molecule has 3 rings (SSSR count). The molecule has 0 N–H and O–H groups in total. The number of fused-ring (bicyclic) bond motifs is 1. The maximum absolute atomic E-state index is 5.57. The SMILES string of the molecule is ClC(Cl)c1ccccc1.c1ccc2ncccc2c1. The number of halogens is 2. The van der Waals surface area contributed by atoms with Gasteiger partial charge in [-0.1, -0.05) is 54.6 Å². The van der Waals surface area contributed by atoms with Gasteiger partial charge in [0.05, 0.1) is 5.52 Å². The topological polar surface area (TPSA) is 12.9 Å². The van der Waals surface area contributed by atoms with Crippen molar-refractivity contribution in [1.29, 1.82) is 0 Å². The maximum atomic E-state index is 5.57. The average Bonchev–Trinajstić information content (AvgIpc) is 2.49. The van der Waals surface area contributed by atoms with Crippen LogP contribution >= 0.6 is 23.2 Å². The second-order valence-corrected chi connectivity index (χ2v) is 5.00. The lowest BCUT2D eigenvalue weighted by atomic mass is 10.2. The quantitative estimate of drug-likeness (QED) is 0.547. The fourth-order valence-electron chi connectivity index (χ4n) is 1.61. The molecule has 0 amide bonds. The van der Waals surface area contributed by atoms with E-state index in [4.69, 9.17) is 23.2 Å². The van der Waals surface area contributed by atoms with Gasteiger partial charge in [0.1, 0.15) is 4.84 Å². The van der Waals surface area contributed by atoms with Gasteiger partial charge in [-0.15, -0.1) is 23.2 Å². The summed E-state index contributed by atoms with van der Waals surface area (Å²) in [5, 5.41) is 1.20. The largest absolute Gasteiger partial charge is 0.256 e. The van der Waals surface area contributed by atoms with Gasteiger partial charge >= 0.3 is 0 Å². The summed E-state index contributed by atoms with van der Waals surface area (Å²) in [4.78, 5) is 3.78. The molecule has 0 fully saturated rings. The molecule has 0 aliphatic heterocycles. The molecule has 0 aliphatic rings. The predicted octanol–water partition coefficient (Wildman–Crippen LogP) is 5.40. The maximum Gasteiger partial charge on any atom is 0.132 e. The van der Waals surface area contributed by atoms with Gasteiger partial charge in [-0.3, -0.25) is 4.98 Å². The van der Waals surface area contributed by atoms with Crippen LogP contribution in [0.15, 0.2) is 72.9 Å². The Labute approximate surface area is 122 Å². The Morgan fingerprint density at radius 1 is 0.737 bits per heavy atom. The van der Waals surface area contributed by atoms with Crippen LogP contribution in [-0.4, -0.2) is 4.98 Å². The standard InChI is InChI=1S/C9H7N.C7H6Cl2/c1-2-6-9-8(4-1)5-3-7-10-9;8-7(9)6-4-2-1-3-5-6/h1-7H;1-5,7H. The van der Waals surface area contributed by atoms with Crippen LogP contribution in [0, 0.1) is 0 Å². The number of benzene rings is 2. The molecular formula is C16H13Cl2N. The highest BCUT2D eigenvalue weighted by Gasteiger charge is 1.98. The van der Waals surface area contributed by atoms with Crippen molar-refractivity contribution in [2.75, 3.05) is 0 Å². The van der Waals surface area contributed by atoms with Crippen LogP contribution in [0.25, 0.3) is 10.9 Å². The van der Waals surface area contributed by atoms with Crippen LogP contribution in [0.2, 0.25) is 0 Å². The summed E-state index contributed by atoms with van der Waals surface area (Å²) >= 11 is 11.1. The predicted molar refractivity (Wildman–Crippen MR) is 82.6 cm³/mol. The minimum Gasteiger partial charge on any atom is -0.256 e. The molecule has 0 saturated carbocycles. The lowest BCUT2D eigenvalue weighted by Gasteiger charge is -1.97. The molecule has 2 aromatic carbocycles. The molecule has 1 heterocycles. The minimum atomic E-state index is -0.397. The second-order valence-electron chi connectivity index (χ2n) is 3.91. The fraction of sp³-hybridized carbons (Fsp3) is 0.0625. The molecule has 19 heavy (non-hydrogen) atoms. The van der Waals surface area contributed by atoms with Crippen molar-refractivity contribution < 1.29 is 0 Å². The van der Waals surface area contributed by atoms with Crippen LogP contribution in [0.5, 0.6) is 0 Å². The van der Waals surface area contributed by atoms with Crippen LogP contribution in [0.3, 0.4) is 0 Å². The van der Waals surface area contributed by atoms with E-state index in [9.17, 15) is 0 Å². The highest BCUT2D eigenvalue weighted by atomic mass is 35.5. The zero-order chi connectivity index (χ0) is 13.5. The number of hydrogen-bond donors (Lipinski definition) is 0. The van der Waals surface area contributed by atoms with E-state index in [0.29, 0.717) is 0 Å². The third-order valence-electron chi connectivity index (χ3n) is 2.56. The van der Waals surface area contributed by atoms with E-state index in [0.717, 1.165) is 11.1 Å². The highest BCUT2D eigenvalue weighted by Crippen LogP contribution is 2.23. The Morgan fingerprint density at radius 3 is 2.00 bits per heavy atom. The van der Waals surface area contributed by atoms with E-state index in [-0.39, 0.29) is 0 Å². The van der Waals surface area contributed by atoms with Crippen molar-refractivity contribution in [2.24, 2.45) is 0 Å². The molecular weight excluding hydrogens is 277 g/mol. The van der Waals surface area contributed by atoms with E-state index < -0.39 is 4.84 Å². The molecule has 0 radical (unpaired) electrons. The summed E-state index contributed by atoms with van der Waals surface area (Å²) in [6, 6.07) is 21.6. The zero-order valence-corrected chi connectivity index (χ0v) is 11.7. The van der Waals surface area contributed by atoms with Crippen molar-refractivity contribution >= 4 is 34.1 Å². The summed E-state index contributed by atoms with van der Waals surface area (Å²) in [5.74, 6) is 0. The molecule has 96 valence electrons. The van der Waals surface area contributed by atoms with E-state index in [1.807, 2.05) is 60.8 Å².